The number of nitriles is 1. The lowest BCUT2D eigenvalue weighted by molar-refractivity contribution is 0.0443. The lowest BCUT2D eigenvalue weighted by Gasteiger charge is -2.54. The number of piperidine rings is 1. The lowest BCUT2D eigenvalue weighted by atomic mass is 9.62. The molecular weight excluding hydrogens is 100 g/mol. The van der Waals surface area contributed by atoms with Crippen LogP contribution in [0, 0.1) is 17.2 Å². The van der Waals surface area contributed by atoms with Gasteiger partial charge in [0, 0.05) is 12.5 Å². The van der Waals surface area contributed by atoms with Crippen LogP contribution in [-0.4, -0.2) is 12.1 Å². The van der Waals surface area contributed by atoms with E-state index in [4.69, 9.17) is 5.26 Å². The summed E-state index contributed by atoms with van der Waals surface area (Å²) in [5, 5.41) is 11.7. The largest absolute Gasteiger partial charge is 0.299 e. The van der Waals surface area contributed by atoms with Crippen molar-refractivity contribution in [3.63, 3.8) is 0 Å². The minimum Gasteiger partial charge on any atom is -0.299 e. The minimum absolute atomic E-state index is 0.0417. The molecule has 1 heterocycles. The number of nitrogens with zero attached hydrogens (tertiary/aromatic N) is 1. The SMILES string of the molecule is N#CC12CCC1CN2. The summed E-state index contributed by atoms with van der Waals surface area (Å²) in [5.41, 5.74) is -0.0417. The van der Waals surface area contributed by atoms with Gasteiger partial charge in [0.2, 0.25) is 0 Å². The molecule has 0 aromatic heterocycles. The number of rotatable bonds is 0. The molecule has 2 atom stereocenters. The molecule has 2 heteroatoms. The summed E-state index contributed by atoms with van der Waals surface area (Å²) in [5.74, 6) is 0.701. The molecule has 1 aliphatic heterocycles. The Balaban J connectivity index is 2.18. The Kier molecular flexibility index (Phi) is 0.575. The predicted octanol–water partition coefficient (Wildman–Crippen LogP) is 0.262. The van der Waals surface area contributed by atoms with Crippen molar-refractivity contribution in [3.05, 3.63) is 0 Å². The molecule has 0 spiro atoms. The molecule has 2 aliphatic rings. The van der Waals surface area contributed by atoms with Crippen LogP contribution in [0.1, 0.15) is 12.8 Å². The Bertz CT molecular complexity index is 148. The van der Waals surface area contributed by atoms with Gasteiger partial charge in [0.15, 0.2) is 0 Å². The molecule has 1 aliphatic carbocycles. The van der Waals surface area contributed by atoms with Gasteiger partial charge in [-0.05, 0) is 12.8 Å². The zero-order chi connectivity index (χ0) is 5.61. The van der Waals surface area contributed by atoms with Crippen molar-refractivity contribution < 1.29 is 0 Å². The maximum absolute atomic E-state index is 8.55. The fourth-order valence-electron chi connectivity index (χ4n) is 1.51. The Hall–Kier alpha value is -0.550. The van der Waals surface area contributed by atoms with E-state index in [2.05, 4.69) is 11.4 Å². The van der Waals surface area contributed by atoms with Gasteiger partial charge in [0.25, 0.3) is 0 Å². The van der Waals surface area contributed by atoms with Gasteiger partial charge in [0.05, 0.1) is 6.07 Å². The summed E-state index contributed by atoms with van der Waals surface area (Å²) >= 11 is 0. The van der Waals surface area contributed by atoms with E-state index in [0.717, 1.165) is 13.0 Å². The molecule has 0 bridgehead atoms. The summed E-state index contributed by atoms with van der Waals surface area (Å²) in [6, 6.07) is 2.30. The first-order valence-electron chi connectivity index (χ1n) is 3.04. The summed E-state index contributed by atoms with van der Waals surface area (Å²) in [7, 11) is 0. The molecule has 2 nitrogen and oxygen atoms in total. The quantitative estimate of drug-likeness (QED) is 0.483. The maximum atomic E-state index is 8.55. The van der Waals surface area contributed by atoms with Crippen LogP contribution in [0.4, 0.5) is 0 Å². The third-order valence-corrected chi connectivity index (χ3v) is 2.45. The van der Waals surface area contributed by atoms with E-state index in [1.54, 1.807) is 0 Å². The summed E-state index contributed by atoms with van der Waals surface area (Å²) in [6.45, 7) is 1.08. The standard InChI is InChI=1S/C6H8N2/c7-4-6-2-1-5(6)3-8-6/h5,8H,1-3H2. The highest BCUT2D eigenvalue weighted by molar-refractivity contribution is 5.23. The molecular formula is C6H8N2. The van der Waals surface area contributed by atoms with E-state index in [1.165, 1.54) is 6.42 Å². The molecule has 2 rings (SSSR count). The van der Waals surface area contributed by atoms with E-state index in [1.807, 2.05) is 0 Å². The Morgan fingerprint density at radius 1 is 1.75 bits per heavy atom. The van der Waals surface area contributed by atoms with Gasteiger partial charge in [-0.3, -0.25) is 5.32 Å². The molecule has 2 unspecified atom stereocenters. The number of nitrogens with one attached hydrogen (secondary N) is 1. The Morgan fingerprint density at radius 2 is 2.62 bits per heavy atom. The molecule has 42 valence electrons. The normalized spacial score (nSPS) is 50.1. The smallest absolute Gasteiger partial charge is 0.110 e. The molecule has 1 saturated heterocycles. The molecule has 1 N–H and O–H groups in total. The van der Waals surface area contributed by atoms with E-state index in [-0.39, 0.29) is 5.54 Å². The zero-order valence-corrected chi connectivity index (χ0v) is 4.65. The van der Waals surface area contributed by atoms with Crippen molar-refractivity contribution in [2.45, 2.75) is 18.4 Å². The first-order chi connectivity index (χ1) is 3.87. The molecule has 0 aromatic rings. The van der Waals surface area contributed by atoms with Gasteiger partial charge in [-0.2, -0.15) is 5.26 Å². The van der Waals surface area contributed by atoms with Gasteiger partial charge in [0.1, 0.15) is 5.54 Å². The third-order valence-electron chi connectivity index (χ3n) is 2.45. The van der Waals surface area contributed by atoms with Gasteiger partial charge in [-0.1, -0.05) is 0 Å². The lowest BCUT2D eigenvalue weighted by Crippen LogP contribution is -2.70. The average Bonchev–Trinajstić information content (AvgIpc) is 1.78. The molecule has 0 amide bonds. The average molecular weight is 108 g/mol. The predicted molar refractivity (Wildman–Crippen MR) is 29.1 cm³/mol. The van der Waals surface area contributed by atoms with Crippen LogP contribution in [-0.2, 0) is 0 Å². The van der Waals surface area contributed by atoms with E-state index in [9.17, 15) is 0 Å². The zero-order valence-electron chi connectivity index (χ0n) is 4.65. The molecule has 0 aromatic carbocycles. The van der Waals surface area contributed by atoms with Gasteiger partial charge >= 0.3 is 0 Å². The summed E-state index contributed by atoms with van der Waals surface area (Å²) in [6.07, 6.45) is 2.34. The van der Waals surface area contributed by atoms with Crippen LogP contribution < -0.4 is 5.32 Å². The van der Waals surface area contributed by atoms with Crippen LogP contribution in [0.25, 0.3) is 0 Å². The molecule has 2 fully saturated rings. The van der Waals surface area contributed by atoms with Gasteiger partial charge in [-0.25, -0.2) is 0 Å². The van der Waals surface area contributed by atoms with Crippen molar-refractivity contribution in [2.75, 3.05) is 6.54 Å². The van der Waals surface area contributed by atoms with Crippen LogP contribution in [0.2, 0.25) is 0 Å². The second-order valence-corrected chi connectivity index (χ2v) is 2.70. The van der Waals surface area contributed by atoms with Gasteiger partial charge in [-0.15, -0.1) is 0 Å². The topological polar surface area (TPSA) is 35.8 Å². The molecule has 1 saturated carbocycles. The summed E-state index contributed by atoms with van der Waals surface area (Å²) in [4.78, 5) is 0. The first-order valence-corrected chi connectivity index (χ1v) is 3.04. The van der Waals surface area contributed by atoms with Crippen molar-refractivity contribution >= 4 is 0 Å². The minimum atomic E-state index is -0.0417. The number of hydrogen-bond acceptors (Lipinski definition) is 2. The monoisotopic (exact) mass is 108 g/mol. The molecule has 0 radical (unpaired) electrons. The summed E-state index contributed by atoms with van der Waals surface area (Å²) < 4.78 is 0. The first kappa shape index (κ1) is 4.34. The Labute approximate surface area is 48.5 Å². The van der Waals surface area contributed by atoms with Crippen LogP contribution in [0.5, 0.6) is 0 Å². The van der Waals surface area contributed by atoms with Crippen LogP contribution in [0.15, 0.2) is 0 Å². The van der Waals surface area contributed by atoms with E-state index < -0.39 is 0 Å². The highest BCUT2D eigenvalue weighted by Gasteiger charge is 2.53. The highest BCUT2D eigenvalue weighted by atomic mass is 15.1. The van der Waals surface area contributed by atoms with Crippen molar-refractivity contribution in [1.29, 1.82) is 5.26 Å². The Morgan fingerprint density at radius 3 is 2.62 bits per heavy atom. The maximum Gasteiger partial charge on any atom is 0.110 e. The third kappa shape index (κ3) is 0.258. The fraction of sp³-hybridized carbons (Fsp3) is 0.833. The van der Waals surface area contributed by atoms with Crippen LogP contribution >= 0.6 is 0 Å². The van der Waals surface area contributed by atoms with Crippen molar-refractivity contribution in [3.8, 4) is 6.07 Å². The van der Waals surface area contributed by atoms with E-state index in [0.29, 0.717) is 5.92 Å². The second kappa shape index (κ2) is 1.06. The number of hydrogen-bond donors (Lipinski definition) is 1. The second-order valence-electron chi connectivity index (χ2n) is 2.70. The van der Waals surface area contributed by atoms with Crippen LogP contribution in [0.3, 0.4) is 0 Å². The van der Waals surface area contributed by atoms with E-state index >= 15 is 0 Å². The van der Waals surface area contributed by atoms with Crippen molar-refractivity contribution in [2.24, 2.45) is 5.92 Å². The van der Waals surface area contributed by atoms with Crippen molar-refractivity contribution in [1.82, 2.24) is 5.32 Å². The number of fused-ring (bicyclic) bond motifs is 1. The van der Waals surface area contributed by atoms with Gasteiger partial charge < -0.3 is 0 Å². The highest BCUT2D eigenvalue weighted by Crippen LogP contribution is 2.43. The molecule has 8 heavy (non-hydrogen) atoms. The fourth-order valence-corrected chi connectivity index (χ4v) is 1.51.